The maximum absolute atomic E-state index is 13.8. The maximum atomic E-state index is 13.8. The summed E-state index contributed by atoms with van der Waals surface area (Å²) in [7, 11) is 0. The number of benzene rings is 3. The smallest absolute Gasteiger partial charge is 0.310 e. The highest BCUT2D eigenvalue weighted by molar-refractivity contribution is 5.95. The van der Waals surface area contributed by atoms with Gasteiger partial charge in [0.05, 0.1) is 19.3 Å². The lowest BCUT2D eigenvalue weighted by Crippen LogP contribution is -2.09. The predicted molar refractivity (Wildman–Crippen MR) is 125 cm³/mol. The van der Waals surface area contributed by atoms with Gasteiger partial charge in [-0.2, -0.15) is 0 Å². The molecule has 0 aliphatic rings. The number of carbonyl (C=O) groups excluding carboxylic acids is 1. The Morgan fingerprint density at radius 3 is 2.73 bits per heavy atom. The van der Waals surface area contributed by atoms with E-state index in [1.807, 2.05) is 37.3 Å². The zero-order valence-corrected chi connectivity index (χ0v) is 18.7. The second-order valence-electron chi connectivity index (χ2n) is 7.87. The van der Waals surface area contributed by atoms with Gasteiger partial charge < -0.3 is 19.6 Å². The van der Waals surface area contributed by atoms with Crippen LogP contribution >= 0.6 is 0 Å². The van der Waals surface area contributed by atoms with E-state index in [0.717, 1.165) is 38.8 Å². The van der Waals surface area contributed by atoms with E-state index in [4.69, 9.17) is 19.6 Å². The number of carbonyl (C=O) groups is 1. The van der Waals surface area contributed by atoms with Crippen LogP contribution in [0.2, 0.25) is 0 Å². The molecule has 33 heavy (non-hydrogen) atoms. The van der Waals surface area contributed by atoms with Crippen molar-refractivity contribution in [1.82, 2.24) is 0 Å². The van der Waals surface area contributed by atoms with Crippen molar-refractivity contribution >= 4 is 16.9 Å². The average Bonchev–Trinajstić information content (AvgIpc) is 3.19. The second-order valence-corrected chi connectivity index (χ2v) is 7.87. The molecule has 0 aliphatic heterocycles. The molecular formula is C27H26FNO4. The highest BCUT2D eigenvalue weighted by atomic mass is 19.1. The molecule has 6 heteroatoms. The fourth-order valence-corrected chi connectivity index (χ4v) is 3.84. The number of nitrogens with two attached hydrogens (primary N) is 1. The molecule has 1 aromatic heterocycles. The van der Waals surface area contributed by atoms with Crippen molar-refractivity contribution in [1.29, 1.82) is 0 Å². The van der Waals surface area contributed by atoms with Crippen LogP contribution in [-0.2, 0) is 29.1 Å². The highest BCUT2D eigenvalue weighted by Gasteiger charge is 2.15. The van der Waals surface area contributed by atoms with Crippen molar-refractivity contribution in [3.63, 3.8) is 0 Å². The molecule has 170 valence electrons. The molecule has 0 saturated heterocycles. The van der Waals surface area contributed by atoms with Gasteiger partial charge in [-0.1, -0.05) is 18.2 Å². The van der Waals surface area contributed by atoms with E-state index in [2.05, 4.69) is 6.07 Å². The van der Waals surface area contributed by atoms with Crippen molar-refractivity contribution in [3.8, 4) is 16.9 Å². The minimum atomic E-state index is -0.431. The van der Waals surface area contributed by atoms with Gasteiger partial charge in [0.25, 0.3) is 0 Å². The van der Waals surface area contributed by atoms with Crippen LogP contribution in [0.15, 0.2) is 65.3 Å². The normalized spacial score (nSPS) is 11.0. The monoisotopic (exact) mass is 447 g/mol. The third-order valence-corrected chi connectivity index (χ3v) is 5.46. The lowest BCUT2D eigenvalue weighted by atomic mass is 9.98. The van der Waals surface area contributed by atoms with Crippen LogP contribution in [0, 0.1) is 12.7 Å². The number of hydrogen-bond donors (Lipinski definition) is 1. The van der Waals surface area contributed by atoms with Gasteiger partial charge in [0.1, 0.15) is 23.8 Å². The van der Waals surface area contributed by atoms with Crippen molar-refractivity contribution in [3.05, 3.63) is 88.9 Å². The summed E-state index contributed by atoms with van der Waals surface area (Å²) in [5.74, 6) is -0.412. The minimum Gasteiger partial charge on any atom is -0.489 e. The third-order valence-electron chi connectivity index (χ3n) is 5.46. The Kier molecular flexibility index (Phi) is 6.75. The number of hydrogen-bond acceptors (Lipinski definition) is 5. The first kappa shape index (κ1) is 22.6. The van der Waals surface area contributed by atoms with Gasteiger partial charge in [-0.05, 0) is 72.5 Å². The van der Waals surface area contributed by atoms with E-state index in [-0.39, 0.29) is 19.6 Å². The van der Waals surface area contributed by atoms with Crippen molar-refractivity contribution < 1.29 is 23.1 Å². The zero-order chi connectivity index (χ0) is 23.4. The number of esters is 1. The number of aryl methyl sites for hydroxylation is 1. The summed E-state index contributed by atoms with van der Waals surface area (Å²) in [6, 6.07) is 16.2. The summed E-state index contributed by atoms with van der Waals surface area (Å²) in [4.78, 5) is 11.9. The van der Waals surface area contributed by atoms with Crippen LogP contribution in [0.3, 0.4) is 0 Å². The van der Waals surface area contributed by atoms with Crippen LogP contribution < -0.4 is 10.5 Å². The van der Waals surface area contributed by atoms with E-state index in [0.29, 0.717) is 17.9 Å². The Hall–Kier alpha value is -3.64. The molecule has 0 radical (unpaired) electrons. The molecule has 0 amide bonds. The first-order valence-electron chi connectivity index (χ1n) is 10.9. The molecule has 0 unspecified atom stereocenters. The van der Waals surface area contributed by atoms with E-state index in [9.17, 15) is 9.18 Å². The minimum absolute atomic E-state index is 0.0576. The number of ether oxygens (including phenoxy) is 2. The number of furan rings is 1. The Labute approximate surface area is 191 Å². The lowest BCUT2D eigenvalue weighted by molar-refractivity contribution is -0.142. The van der Waals surface area contributed by atoms with Gasteiger partial charge in [-0.15, -0.1) is 0 Å². The highest BCUT2D eigenvalue weighted by Crippen LogP contribution is 2.34. The molecule has 0 spiro atoms. The molecule has 1 heterocycles. The van der Waals surface area contributed by atoms with E-state index in [1.54, 1.807) is 13.2 Å². The van der Waals surface area contributed by atoms with E-state index in [1.165, 1.54) is 18.2 Å². The summed E-state index contributed by atoms with van der Waals surface area (Å²) < 4.78 is 30.7. The molecular weight excluding hydrogens is 421 g/mol. The SMILES string of the molecule is CCOC(=O)Cc1cc(F)ccc1OCc1cc(-c2cccc(CN)c2)c2occ(C)c2c1. The van der Waals surface area contributed by atoms with Gasteiger partial charge in [-0.25, -0.2) is 4.39 Å². The van der Waals surface area contributed by atoms with E-state index < -0.39 is 11.8 Å². The molecule has 0 aliphatic carbocycles. The molecule has 0 bridgehead atoms. The molecule has 4 rings (SSSR count). The molecule has 0 atom stereocenters. The molecule has 3 aromatic carbocycles. The Balaban J connectivity index is 1.66. The van der Waals surface area contributed by atoms with Crippen molar-refractivity contribution in [2.45, 2.75) is 33.4 Å². The fraction of sp³-hybridized carbons (Fsp3) is 0.222. The van der Waals surface area contributed by atoms with Gasteiger partial charge in [0, 0.05) is 23.1 Å². The first-order chi connectivity index (χ1) is 16.0. The van der Waals surface area contributed by atoms with Crippen molar-refractivity contribution in [2.75, 3.05) is 6.61 Å². The number of rotatable bonds is 8. The molecule has 0 fully saturated rings. The Morgan fingerprint density at radius 2 is 1.94 bits per heavy atom. The van der Waals surface area contributed by atoms with Gasteiger partial charge in [-0.3, -0.25) is 4.79 Å². The second kappa shape index (κ2) is 9.88. The summed E-state index contributed by atoms with van der Waals surface area (Å²) in [5, 5.41) is 0.995. The van der Waals surface area contributed by atoms with Crippen LogP contribution in [0.25, 0.3) is 22.1 Å². The molecule has 5 nitrogen and oxygen atoms in total. The van der Waals surface area contributed by atoms with Crippen LogP contribution in [0.5, 0.6) is 5.75 Å². The summed E-state index contributed by atoms with van der Waals surface area (Å²) in [5.41, 5.74) is 12.0. The van der Waals surface area contributed by atoms with Crippen LogP contribution in [0.4, 0.5) is 4.39 Å². The molecule has 0 saturated carbocycles. The first-order valence-corrected chi connectivity index (χ1v) is 10.9. The van der Waals surface area contributed by atoms with Crippen molar-refractivity contribution in [2.24, 2.45) is 5.73 Å². The number of fused-ring (bicyclic) bond motifs is 1. The maximum Gasteiger partial charge on any atom is 0.310 e. The van der Waals surface area contributed by atoms with Gasteiger partial charge >= 0.3 is 5.97 Å². The zero-order valence-electron chi connectivity index (χ0n) is 18.7. The van der Waals surface area contributed by atoms with Crippen LogP contribution in [0.1, 0.15) is 29.2 Å². The van der Waals surface area contributed by atoms with Gasteiger partial charge in [0.15, 0.2) is 0 Å². The molecule has 2 N–H and O–H groups in total. The largest absolute Gasteiger partial charge is 0.489 e. The predicted octanol–water partition coefficient (Wildman–Crippen LogP) is 5.69. The fourth-order valence-electron chi connectivity index (χ4n) is 3.84. The van der Waals surface area contributed by atoms with E-state index >= 15 is 0 Å². The summed E-state index contributed by atoms with van der Waals surface area (Å²) in [6.45, 7) is 4.68. The summed E-state index contributed by atoms with van der Waals surface area (Å²) >= 11 is 0. The summed E-state index contributed by atoms with van der Waals surface area (Å²) in [6.07, 6.45) is 1.68. The topological polar surface area (TPSA) is 74.7 Å². The lowest BCUT2D eigenvalue weighted by Gasteiger charge is -2.13. The Bertz CT molecular complexity index is 1290. The molecule has 4 aromatic rings. The Morgan fingerprint density at radius 1 is 1.09 bits per heavy atom. The number of halogens is 1. The van der Waals surface area contributed by atoms with Gasteiger partial charge in [0.2, 0.25) is 0 Å². The van der Waals surface area contributed by atoms with Crippen LogP contribution in [-0.4, -0.2) is 12.6 Å². The standard InChI is InChI=1S/C27H26FNO4/c1-3-31-26(30)13-21-12-22(28)7-8-25(21)32-16-19-10-23-17(2)15-33-27(23)24(11-19)20-6-4-5-18(9-20)14-29/h4-12,15H,3,13-14,16,29H2,1-2H3. The third kappa shape index (κ3) is 5.07. The average molecular weight is 448 g/mol. The quantitative estimate of drug-likeness (QED) is 0.351.